The van der Waals surface area contributed by atoms with Crippen molar-refractivity contribution in [3.8, 4) is 0 Å². The molecule has 0 bridgehead atoms. The molecule has 3 aliphatic rings. The maximum atomic E-state index is 6.29. The van der Waals surface area contributed by atoms with Crippen molar-refractivity contribution in [2.45, 2.75) is 6.04 Å². The molecule has 0 amide bonds. The summed E-state index contributed by atoms with van der Waals surface area (Å²) in [5.74, 6) is 0. The lowest BCUT2D eigenvalue weighted by Gasteiger charge is -2.42. The van der Waals surface area contributed by atoms with E-state index in [0.29, 0.717) is 0 Å². The van der Waals surface area contributed by atoms with E-state index in [1.165, 1.54) is 22.3 Å². The molecule has 0 radical (unpaired) electrons. The highest BCUT2D eigenvalue weighted by atomic mass is 79.9. The summed E-state index contributed by atoms with van der Waals surface area (Å²) in [6.45, 7) is 1.68. The summed E-state index contributed by atoms with van der Waals surface area (Å²) in [6, 6.07) is 24.7. The molecule has 0 aliphatic carbocycles. The van der Waals surface area contributed by atoms with Crippen LogP contribution in [0.2, 0.25) is 10.0 Å². The molecule has 0 N–H and O–H groups in total. The molecule has 36 heavy (non-hydrogen) atoms. The second-order valence-electron chi connectivity index (χ2n) is 9.11. The highest BCUT2D eigenvalue weighted by Crippen LogP contribution is 2.49. The van der Waals surface area contributed by atoms with Gasteiger partial charge in [0.05, 0.1) is 17.4 Å². The van der Waals surface area contributed by atoms with Gasteiger partial charge in [-0.15, -0.1) is 0 Å². The fourth-order valence-electron chi connectivity index (χ4n) is 4.96. The Morgan fingerprint density at radius 2 is 1.58 bits per heavy atom. The summed E-state index contributed by atoms with van der Waals surface area (Å²) in [5, 5.41) is 4.69. The van der Waals surface area contributed by atoms with Crippen LogP contribution in [0.25, 0.3) is 11.8 Å². The summed E-state index contributed by atoms with van der Waals surface area (Å²) in [5.41, 5.74) is 8.24. The van der Waals surface area contributed by atoms with E-state index in [4.69, 9.17) is 28.2 Å². The van der Waals surface area contributed by atoms with Gasteiger partial charge in [0.1, 0.15) is 0 Å². The topological polar surface area (TPSA) is 18.8 Å². The summed E-state index contributed by atoms with van der Waals surface area (Å²) in [7, 11) is 2.17. The average molecular weight is 595 g/mol. The van der Waals surface area contributed by atoms with Gasteiger partial charge in [-0.1, -0.05) is 87.3 Å². The van der Waals surface area contributed by atoms with Gasteiger partial charge in [-0.2, -0.15) is 0 Å². The van der Waals surface area contributed by atoms with Gasteiger partial charge in [-0.3, -0.25) is 4.90 Å². The zero-order valence-corrected chi connectivity index (χ0v) is 23.4. The normalized spacial score (nSPS) is 20.8. The molecule has 0 fully saturated rings. The highest BCUT2D eigenvalue weighted by Gasteiger charge is 2.41. The molecular weight excluding hydrogens is 573 g/mol. The average Bonchev–Trinajstić information content (AvgIpc) is 3.29. The van der Waals surface area contributed by atoms with Crippen molar-refractivity contribution in [2.75, 3.05) is 20.1 Å². The first-order chi connectivity index (χ1) is 17.5. The first-order valence-electron chi connectivity index (χ1n) is 11.6. The predicted octanol–water partition coefficient (Wildman–Crippen LogP) is 8.50. The lowest BCUT2D eigenvalue weighted by Crippen LogP contribution is -2.40. The second-order valence-corrected chi connectivity index (χ2v) is 11.7. The summed E-state index contributed by atoms with van der Waals surface area (Å²) < 4.78 is 1.06. The Hall–Kier alpha value is -2.28. The highest BCUT2D eigenvalue weighted by molar-refractivity contribution is 9.10. The van der Waals surface area contributed by atoms with Crippen LogP contribution in [-0.4, -0.2) is 35.1 Å². The Kier molecular flexibility index (Phi) is 6.61. The van der Waals surface area contributed by atoms with Crippen molar-refractivity contribution >= 4 is 67.8 Å². The van der Waals surface area contributed by atoms with E-state index < -0.39 is 0 Å². The smallest absolute Gasteiger partial charge is 0.174 e. The van der Waals surface area contributed by atoms with Gasteiger partial charge in [-0.05, 0) is 77.4 Å². The Bertz CT molecular complexity index is 1440. The van der Waals surface area contributed by atoms with Crippen LogP contribution < -0.4 is 0 Å². The van der Waals surface area contributed by atoms with E-state index in [2.05, 4.69) is 92.8 Å². The molecule has 6 rings (SSSR count). The number of rotatable bonds is 3. The fourth-order valence-corrected chi connectivity index (χ4v) is 6.40. The van der Waals surface area contributed by atoms with E-state index in [1.807, 2.05) is 24.3 Å². The monoisotopic (exact) mass is 593 g/mol. The molecular formula is C29H22BrCl2N3S. The van der Waals surface area contributed by atoms with Gasteiger partial charge in [0, 0.05) is 33.0 Å². The third kappa shape index (κ3) is 4.59. The number of hydrogen-bond acceptors (Lipinski definition) is 4. The molecule has 0 aromatic heterocycles. The number of likely N-dealkylation sites (N-methyl/N-ethyl adjacent to an activating group) is 1. The van der Waals surface area contributed by atoms with E-state index in [-0.39, 0.29) is 6.04 Å². The van der Waals surface area contributed by atoms with Crippen LogP contribution in [0.1, 0.15) is 22.7 Å². The fraction of sp³-hybridized carbons (Fsp3) is 0.138. The quantitative estimate of drug-likeness (QED) is 0.303. The number of nitrogens with zero attached hydrogens (tertiary/aromatic N) is 3. The van der Waals surface area contributed by atoms with Crippen molar-refractivity contribution in [3.63, 3.8) is 0 Å². The van der Waals surface area contributed by atoms with Gasteiger partial charge in [0.15, 0.2) is 5.17 Å². The summed E-state index contributed by atoms with van der Waals surface area (Å²) in [6.07, 6.45) is 2.24. The minimum Gasteiger partial charge on any atom is -0.308 e. The maximum absolute atomic E-state index is 6.29. The molecule has 3 nitrogen and oxygen atoms in total. The number of amidine groups is 1. The van der Waals surface area contributed by atoms with Crippen molar-refractivity contribution in [3.05, 3.63) is 126 Å². The van der Waals surface area contributed by atoms with Crippen LogP contribution in [0.5, 0.6) is 0 Å². The number of thioether (sulfide) groups is 1. The molecule has 0 saturated carbocycles. The summed E-state index contributed by atoms with van der Waals surface area (Å²) >= 11 is 17.7. The van der Waals surface area contributed by atoms with Crippen molar-refractivity contribution < 1.29 is 0 Å². The third-order valence-electron chi connectivity index (χ3n) is 6.56. The van der Waals surface area contributed by atoms with Crippen molar-refractivity contribution in [1.82, 2.24) is 9.80 Å². The molecule has 180 valence electrons. The first-order valence-corrected chi connectivity index (χ1v) is 14.0. The first kappa shape index (κ1) is 24.1. The molecule has 1 atom stereocenters. The van der Waals surface area contributed by atoms with E-state index in [0.717, 1.165) is 49.7 Å². The van der Waals surface area contributed by atoms with Gasteiger partial charge < -0.3 is 4.90 Å². The van der Waals surface area contributed by atoms with Crippen LogP contribution in [-0.2, 0) is 0 Å². The van der Waals surface area contributed by atoms with Gasteiger partial charge in [-0.25, -0.2) is 4.99 Å². The van der Waals surface area contributed by atoms with Gasteiger partial charge in [0.2, 0.25) is 0 Å². The molecule has 3 aliphatic heterocycles. The van der Waals surface area contributed by atoms with Gasteiger partial charge in [0.25, 0.3) is 0 Å². The minimum atomic E-state index is 0.0195. The van der Waals surface area contributed by atoms with E-state index >= 15 is 0 Å². The van der Waals surface area contributed by atoms with Crippen LogP contribution in [0.3, 0.4) is 0 Å². The Morgan fingerprint density at radius 3 is 2.28 bits per heavy atom. The molecule has 1 unspecified atom stereocenters. The SMILES string of the molecule is CN1CC(=Cc2ccc(Cl)cc2)C2=C(C1)C(c1ccc(Cl)cc1)N1C(c3ccc(Br)cc3)=CSC1=N2. The van der Waals surface area contributed by atoms with Gasteiger partial charge >= 0.3 is 0 Å². The molecule has 3 heterocycles. The van der Waals surface area contributed by atoms with Crippen LogP contribution in [0.15, 0.2) is 105 Å². The number of halogens is 3. The maximum Gasteiger partial charge on any atom is 0.174 e. The molecule has 3 aromatic rings. The number of benzene rings is 3. The molecule has 7 heteroatoms. The Labute approximate surface area is 233 Å². The Morgan fingerprint density at radius 1 is 0.917 bits per heavy atom. The largest absolute Gasteiger partial charge is 0.308 e. The second kappa shape index (κ2) is 9.88. The zero-order chi connectivity index (χ0) is 24.8. The molecule has 0 saturated heterocycles. The zero-order valence-electron chi connectivity index (χ0n) is 19.5. The third-order valence-corrected chi connectivity index (χ3v) is 8.44. The van der Waals surface area contributed by atoms with E-state index in [9.17, 15) is 0 Å². The standard InChI is InChI=1S/C29H22BrCl2N3S/c1-34-15-21(14-18-2-10-23(31)11-3-18)27-25(16-34)28(20-6-12-24(32)13-7-20)35-26(17-36-29(35)33-27)19-4-8-22(30)9-5-19/h2-14,17,28H,15-16H2,1H3. The number of fused-ring (bicyclic) bond motifs is 1. The van der Waals surface area contributed by atoms with Crippen molar-refractivity contribution in [2.24, 2.45) is 4.99 Å². The minimum absolute atomic E-state index is 0.0195. The van der Waals surface area contributed by atoms with Crippen molar-refractivity contribution in [1.29, 1.82) is 0 Å². The van der Waals surface area contributed by atoms with Crippen LogP contribution in [0.4, 0.5) is 0 Å². The summed E-state index contributed by atoms with van der Waals surface area (Å²) in [4.78, 5) is 10.0. The number of aliphatic imine (C=N–C) groups is 1. The van der Waals surface area contributed by atoms with E-state index in [1.54, 1.807) is 11.8 Å². The van der Waals surface area contributed by atoms with Crippen LogP contribution >= 0.6 is 50.9 Å². The number of hydrogen-bond donors (Lipinski definition) is 0. The molecule has 3 aromatic carbocycles. The lowest BCUT2D eigenvalue weighted by molar-refractivity contribution is 0.344. The van der Waals surface area contributed by atoms with Crippen LogP contribution in [0, 0.1) is 0 Å². The predicted molar refractivity (Wildman–Crippen MR) is 157 cm³/mol. The lowest BCUT2D eigenvalue weighted by atomic mass is 9.88. The Balaban J connectivity index is 1.50. The molecule has 0 spiro atoms.